The Labute approximate surface area is 83.5 Å². The highest BCUT2D eigenvalue weighted by Gasteiger charge is 1.88. The average molecular weight is 186 g/mol. The van der Waals surface area contributed by atoms with E-state index in [4.69, 9.17) is 0 Å². The Morgan fingerprint density at radius 1 is 0.615 bits per heavy atom. The van der Waals surface area contributed by atoms with E-state index >= 15 is 0 Å². The lowest BCUT2D eigenvalue weighted by molar-refractivity contribution is 0.571. The topological polar surface area (TPSA) is 24.1 Å². The number of hydrogen-bond donors (Lipinski definition) is 2. The molecule has 2 nitrogen and oxygen atoms in total. The van der Waals surface area contributed by atoms with Crippen molar-refractivity contribution in [2.45, 2.75) is 46.0 Å². The van der Waals surface area contributed by atoms with Crippen LogP contribution in [-0.4, -0.2) is 26.2 Å². The third-order valence-corrected chi connectivity index (χ3v) is 2.09. The van der Waals surface area contributed by atoms with Gasteiger partial charge in [0.25, 0.3) is 0 Å². The molecule has 0 aromatic heterocycles. The van der Waals surface area contributed by atoms with Crippen LogP contribution in [0.2, 0.25) is 0 Å². The van der Waals surface area contributed by atoms with Crippen LogP contribution >= 0.6 is 0 Å². The summed E-state index contributed by atoms with van der Waals surface area (Å²) in [7, 11) is 0. The molecule has 0 aliphatic rings. The minimum atomic E-state index is 1.16. The molecule has 2 heteroatoms. The molecule has 0 saturated carbocycles. The van der Waals surface area contributed by atoms with Crippen molar-refractivity contribution in [1.82, 2.24) is 10.6 Å². The highest BCUT2D eigenvalue weighted by atomic mass is 14.9. The normalized spacial score (nSPS) is 10.6. The molecule has 0 rings (SSSR count). The van der Waals surface area contributed by atoms with Crippen molar-refractivity contribution >= 4 is 0 Å². The largest absolute Gasteiger partial charge is 0.317 e. The Morgan fingerprint density at radius 3 is 1.85 bits per heavy atom. The standard InChI is InChI=1S/C11H26N2/c1-3-5-6-9-13-11-7-10-12-8-4-2/h12-13H,3-11H2,1-2H3. The lowest BCUT2D eigenvalue weighted by Crippen LogP contribution is -2.23. The summed E-state index contributed by atoms with van der Waals surface area (Å²) >= 11 is 0. The van der Waals surface area contributed by atoms with Crippen molar-refractivity contribution in [3.8, 4) is 0 Å². The predicted octanol–water partition coefficient (Wildman–Crippen LogP) is 2.16. The average Bonchev–Trinajstić information content (AvgIpc) is 2.16. The van der Waals surface area contributed by atoms with E-state index in [1.807, 2.05) is 0 Å². The van der Waals surface area contributed by atoms with Gasteiger partial charge >= 0.3 is 0 Å². The molecule has 0 spiro atoms. The van der Waals surface area contributed by atoms with Crippen molar-refractivity contribution in [2.75, 3.05) is 26.2 Å². The fourth-order valence-electron chi connectivity index (χ4n) is 1.27. The zero-order valence-corrected chi connectivity index (χ0v) is 9.36. The van der Waals surface area contributed by atoms with Crippen LogP contribution in [0.5, 0.6) is 0 Å². The Hall–Kier alpha value is -0.0800. The molecular weight excluding hydrogens is 160 g/mol. The summed E-state index contributed by atoms with van der Waals surface area (Å²) in [4.78, 5) is 0. The Balaban J connectivity index is 2.76. The second-order valence-corrected chi connectivity index (χ2v) is 3.56. The van der Waals surface area contributed by atoms with Gasteiger partial charge in [-0.3, -0.25) is 0 Å². The number of nitrogens with one attached hydrogen (secondary N) is 2. The minimum absolute atomic E-state index is 1.16. The van der Waals surface area contributed by atoms with Crippen LogP contribution in [0.25, 0.3) is 0 Å². The fourth-order valence-corrected chi connectivity index (χ4v) is 1.27. The molecule has 0 heterocycles. The van der Waals surface area contributed by atoms with Crippen molar-refractivity contribution in [1.29, 1.82) is 0 Å². The molecule has 0 aliphatic carbocycles. The van der Waals surface area contributed by atoms with Gasteiger partial charge in [-0.1, -0.05) is 26.7 Å². The second-order valence-electron chi connectivity index (χ2n) is 3.56. The molecule has 0 aliphatic heterocycles. The molecule has 0 atom stereocenters. The van der Waals surface area contributed by atoms with Gasteiger partial charge in [-0.15, -0.1) is 0 Å². The van der Waals surface area contributed by atoms with Crippen molar-refractivity contribution in [3.63, 3.8) is 0 Å². The molecule has 0 bridgehead atoms. The summed E-state index contributed by atoms with van der Waals surface area (Å²) in [6.07, 6.45) is 6.51. The van der Waals surface area contributed by atoms with Crippen molar-refractivity contribution in [2.24, 2.45) is 0 Å². The number of hydrogen-bond acceptors (Lipinski definition) is 2. The Morgan fingerprint density at radius 2 is 1.23 bits per heavy atom. The molecule has 80 valence electrons. The first-order chi connectivity index (χ1) is 6.41. The van der Waals surface area contributed by atoms with Gasteiger partial charge in [0.05, 0.1) is 0 Å². The van der Waals surface area contributed by atoms with Crippen LogP contribution < -0.4 is 10.6 Å². The van der Waals surface area contributed by atoms with Crippen LogP contribution in [0.1, 0.15) is 46.0 Å². The van der Waals surface area contributed by atoms with Gasteiger partial charge in [0.2, 0.25) is 0 Å². The number of rotatable bonds is 10. The molecule has 2 N–H and O–H groups in total. The fraction of sp³-hybridized carbons (Fsp3) is 1.00. The maximum absolute atomic E-state index is 3.46. The zero-order valence-electron chi connectivity index (χ0n) is 9.36. The molecule has 0 saturated heterocycles. The van der Waals surface area contributed by atoms with E-state index in [1.165, 1.54) is 45.2 Å². The monoisotopic (exact) mass is 186 g/mol. The third-order valence-electron chi connectivity index (χ3n) is 2.09. The molecule has 0 amide bonds. The summed E-state index contributed by atoms with van der Waals surface area (Å²) < 4.78 is 0. The van der Waals surface area contributed by atoms with E-state index in [1.54, 1.807) is 0 Å². The van der Waals surface area contributed by atoms with E-state index in [0.717, 1.165) is 13.1 Å². The Bertz CT molecular complexity index is 74.2. The van der Waals surface area contributed by atoms with Crippen LogP contribution in [-0.2, 0) is 0 Å². The summed E-state index contributed by atoms with van der Waals surface area (Å²) in [5.74, 6) is 0. The molecule has 0 unspecified atom stereocenters. The predicted molar refractivity (Wildman–Crippen MR) is 60.2 cm³/mol. The molecule has 0 aromatic carbocycles. The van der Waals surface area contributed by atoms with Crippen molar-refractivity contribution < 1.29 is 0 Å². The zero-order chi connectivity index (χ0) is 9.78. The van der Waals surface area contributed by atoms with Crippen LogP contribution in [0, 0.1) is 0 Å². The quantitative estimate of drug-likeness (QED) is 0.511. The number of unbranched alkanes of at least 4 members (excludes halogenated alkanes) is 2. The summed E-state index contributed by atoms with van der Waals surface area (Å²) in [5, 5.41) is 6.85. The maximum atomic E-state index is 3.46. The Kier molecular flexibility index (Phi) is 11.8. The smallest absolute Gasteiger partial charge is 0.00368 e. The van der Waals surface area contributed by atoms with E-state index in [9.17, 15) is 0 Å². The van der Waals surface area contributed by atoms with Gasteiger partial charge in [0.1, 0.15) is 0 Å². The first-order valence-corrected chi connectivity index (χ1v) is 5.83. The van der Waals surface area contributed by atoms with Gasteiger partial charge in [0.15, 0.2) is 0 Å². The van der Waals surface area contributed by atoms with Crippen molar-refractivity contribution in [3.05, 3.63) is 0 Å². The van der Waals surface area contributed by atoms with Crippen LogP contribution in [0.4, 0.5) is 0 Å². The highest BCUT2D eigenvalue weighted by Crippen LogP contribution is 1.90. The van der Waals surface area contributed by atoms with E-state index in [0.29, 0.717) is 0 Å². The van der Waals surface area contributed by atoms with Gasteiger partial charge in [0, 0.05) is 0 Å². The third kappa shape index (κ3) is 11.9. The summed E-state index contributed by atoms with van der Waals surface area (Å²) in [5.41, 5.74) is 0. The second kappa shape index (κ2) is 11.9. The first kappa shape index (κ1) is 12.9. The van der Waals surface area contributed by atoms with Crippen LogP contribution in [0.3, 0.4) is 0 Å². The van der Waals surface area contributed by atoms with Gasteiger partial charge in [-0.25, -0.2) is 0 Å². The summed E-state index contributed by atoms with van der Waals surface area (Å²) in [6.45, 7) is 9.14. The minimum Gasteiger partial charge on any atom is -0.317 e. The molecule has 13 heavy (non-hydrogen) atoms. The molecule has 0 radical (unpaired) electrons. The first-order valence-electron chi connectivity index (χ1n) is 5.83. The van der Waals surface area contributed by atoms with Gasteiger partial charge in [-0.05, 0) is 45.4 Å². The lowest BCUT2D eigenvalue weighted by Gasteiger charge is -2.04. The summed E-state index contributed by atoms with van der Waals surface area (Å²) in [6, 6.07) is 0. The van der Waals surface area contributed by atoms with E-state index < -0.39 is 0 Å². The molecule has 0 fully saturated rings. The van der Waals surface area contributed by atoms with Crippen LogP contribution in [0.15, 0.2) is 0 Å². The SMILES string of the molecule is CCCCCNCCCNCCC. The lowest BCUT2D eigenvalue weighted by atomic mass is 10.2. The van der Waals surface area contributed by atoms with Gasteiger partial charge in [-0.2, -0.15) is 0 Å². The van der Waals surface area contributed by atoms with E-state index in [2.05, 4.69) is 24.5 Å². The highest BCUT2D eigenvalue weighted by molar-refractivity contribution is 4.51. The van der Waals surface area contributed by atoms with E-state index in [-0.39, 0.29) is 0 Å². The molecular formula is C11H26N2. The maximum Gasteiger partial charge on any atom is -0.00368 e. The molecule has 0 aromatic rings. The van der Waals surface area contributed by atoms with Gasteiger partial charge < -0.3 is 10.6 Å².